The number of benzene rings is 1. The van der Waals surface area contributed by atoms with Crippen molar-refractivity contribution < 1.29 is 19.1 Å². The molecule has 116 valence electrons. The molecule has 2 amide bonds. The van der Waals surface area contributed by atoms with Gasteiger partial charge in [0.15, 0.2) is 0 Å². The van der Waals surface area contributed by atoms with E-state index in [4.69, 9.17) is 4.74 Å². The fourth-order valence-corrected chi connectivity index (χ4v) is 3.00. The van der Waals surface area contributed by atoms with Gasteiger partial charge in [0.25, 0.3) is 5.91 Å². The van der Waals surface area contributed by atoms with Gasteiger partial charge in [0.1, 0.15) is 12.1 Å². The van der Waals surface area contributed by atoms with Crippen molar-refractivity contribution in [3.05, 3.63) is 28.7 Å². The van der Waals surface area contributed by atoms with E-state index in [2.05, 4.69) is 26.8 Å². The lowest BCUT2D eigenvalue weighted by atomic mass is 9.97. The second kappa shape index (κ2) is 5.79. The molecule has 3 atom stereocenters. The first-order valence-electron chi connectivity index (χ1n) is 6.85. The van der Waals surface area contributed by atoms with E-state index in [-0.39, 0.29) is 12.5 Å². The van der Waals surface area contributed by atoms with Gasteiger partial charge in [-0.2, -0.15) is 0 Å². The zero-order chi connectivity index (χ0) is 15.9. The molecule has 8 heteroatoms. The number of nitrogens with one attached hydrogen (secondary N) is 2. The van der Waals surface area contributed by atoms with Crippen molar-refractivity contribution in [3.63, 3.8) is 0 Å². The number of hydrogen-bond acceptors (Lipinski definition) is 6. The Morgan fingerprint density at radius 2 is 1.91 bits per heavy atom. The van der Waals surface area contributed by atoms with Crippen molar-refractivity contribution in [2.75, 3.05) is 11.5 Å². The molecular weight excluding hydrogens is 354 g/mol. The van der Waals surface area contributed by atoms with Gasteiger partial charge >= 0.3 is 5.97 Å². The van der Waals surface area contributed by atoms with E-state index >= 15 is 0 Å². The molecule has 0 aromatic heterocycles. The molecule has 0 aliphatic carbocycles. The van der Waals surface area contributed by atoms with Crippen molar-refractivity contribution >= 4 is 39.4 Å². The second-order valence-corrected chi connectivity index (χ2v) is 5.93. The number of ether oxygens (including phenoxy) is 1. The van der Waals surface area contributed by atoms with E-state index in [0.29, 0.717) is 5.69 Å². The molecule has 22 heavy (non-hydrogen) atoms. The molecule has 0 saturated carbocycles. The van der Waals surface area contributed by atoms with Gasteiger partial charge in [-0.15, -0.1) is 0 Å². The molecule has 2 aliphatic heterocycles. The van der Waals surface area contributed by atoms with Crippen LogP contribution in [0.15, 0.2) is 28.7 Å². The summed E-state index contributed by atoms with van der Waals surface area (Å²) in [5, 5.41) is 0. The summed E-state index contributed by atoms with van der Waals surface area (Å²) in [4.78, 5) is 38.1. The highest BCUT2D eigenvalue weighted by Crippen LogP contribution is 2.32. The Hall–Kier alpha value is -1.77. The number of amides is 2. The van der Waals surface area contributed by atoms with Gasteiger partial charge in [0, 0.05) is 4.47 Å². The lowest BCUT2D eigenvalue weighted by molar-refractivity contribution is -0.147. The van der Waals surface area contributed by atoms with Crippen LogP contribution in [0.5, 0.6) is 0 Å². The lowest BCUT2D eigenvalue weighted by Crippen LogP contribution is -2.46. The number of fused-ring (bicyclic) bond motifs is 1. The maximum absolute atomic E-state index is 12.6. The molecule has 0 radical (unpaired) electrons. The molecule has 3 unspecified atom stereocenters. The summed E-state index contributed by atoms with van der Waals surface area (Å²) < 4.78 is 5.79. The molecule has 3 rings (SSSR count). The topological polar surface area (TPSA) is 87.7 Å². The normalized spacial score (nSPS) is 27.2. The van der Waals surface area contributed by atoms with E-state index in [1.54, 1.807) is 31.2 Å². The van der Waals surface area contributed by atoms with Crippen LogP contribution in [0.4, 0.5) is 5.69 Å². The number of carbonyl (C=O) groups excluding carboxylic acids is 3. The van der Waals surface area contributed by atoms with E-state index in [1.807, 2.05) is 0 Å². The molecule has 2 N–H and O–H groups in total. The number of imide groups is 1. The quantitative estimate of drug-likeness (QED) is 0.591. The van der Waals surface area contributed by atoms with E-state index in [9.17, 15) is 14.4 Å². The molecule has 2 saturated heterocycles. The minimum Gasteiger partial charge on any atom is -0.465 e. The second-order valence-electron chi connectivity index (χ2n) is 5.01. The summed E-state index contributed by atoms with van der Waals surface area (Å²) >= 11 is 3.31. The van der Waals surface area contributed by atoms with Crippen molar-refractivity contribution in [1.82, 2.24) is 10.9 Å². The summed E-state index contributed by atoms with van der Waals surface area (Å²) in [6, 6.07) is 5.23. The van der Waals surface area contributed by atoms with E-state index in [0.717, 1.165) is 9.37 Å². The van der Waals surface area contributed by atoms with Crippen LogP contribution >= 0.6 is 15.9 Å². The molecule has 2 heterocycles. The smallest absolute Gasteiger partial charge is 0.325 e. The Labute approximate surface area is 135 Å². The number of nitrogens with zero attached hydrogens (tertiary/aromatic N) is 1. The summed E-state index contributed by atoms with van der Waals surface area (Å²) in [7, 11) is 0. The number of anilines is 1. The number of carbonyl (C=O) groups is 3. The fourth-order valence-electron chi connectivity index (χ4n) is 2.73. The first-order valence-corrected chi connectivity index (χ1v) is 7.65. The minimum atomic E-state index is -0.859. The zero-order valence-corrected chi connectivity index (χ0v) is 13.3. The average molecular weight is 368 g/mol. The number of rotatable bonds is 3. The van der Waals surface area contributed by atoms with Gasteiger partial charge in [0.2, 0.25) is 5.91 Å². The van der Waals surface area contributed by atoms with Crippen molar-refractivity contribution in [1.29, 1.82) is 0 Å². The third kappa shape index (κ3) is 2.33. The van der Waals surface area contributed by atoms with Gasteiger partial charge in [-0.1, -0.05) is 15.9 Å². The van der Waals surface area contributed by atoms with Crippen molar-refractivity contribution in [2.45, 2.75) is 19.0 Å². The molecule has 1 aromatic carbocycles. The highest BCUT2D eigenvalue weighted by atomic mass is 79.9. The molecule has 0 bridgehead atoms. The number of esters is 1. The van der Waals surface area contributed by atoms with Gasteiger partial charge in [0.05, 0.1) is 18.2 Å². The van der Waals surface area contributed by atoms with Crippen molar-refractivity contribution in [2.24, 2.45) is 5.92 Å². The molecule has 1 aromatic rings. The maximum atomic E-state index is 12.6. The lowest BCUT2D eigenvalue weighted by Gasteiger charge is -2.18. The third-order valence-electron chi connectivity index (χ3n) is 3.73. The fraction of sp³-hybridized carbons (Fsp3) is 0.357. The molecule has 2 aliphatic rings. The number of halogens is 1. The van der Waals surface area contributed by atoms with Gasteiger partial charge < -0.3 is 4.74 Å². The monoisotopic (exact) mass is 367 g/mol. The largest absolute Gasteiger partial charge is 0.465 e. The zero-order valence-electron chi connectivity index (χ0n) is 11.7. The van der Waals surface area contributed by atoms with Crippen LogP contribution in [0, 0.1) is 5.92 Å². The predicted molar refractivity (Wildman–Crippen MR) is 80.6 cm³/mol. The van der Waals surface area contributed by atoms with Gasteiger partial charge in [-0.25, -0.2) is 15.8 Å². The molecule has 2 fully saturated rings. The minimum absolute atomic E-state index is 0.215. The van der Waals surface area contributed by atoms with Crippen molar-refractivity contribution in [3.8, 4) is 0 Å². The molecule has 7 nitrogen and oxygen atoms in total. The first kappa shape index (κ1) is 15.1. The maximum Gasteiger partial charge on any atom is 0.325 e. The Morgan fingerprint density at radius 3 is 2.55 bits per heavy atom. The van der Waals surface area contributed by atoms with Crippen LogP contribution in [0.25, 0.3) is 0 Å². The SMILES string of the molecule is CCOC(=O)C1NNC2C(=O)N(c3ccc(Br)cc3)C(=O)C12. The Kier molecular flexibility index (Phi) is 3.98. The number of hydrogen-bond donors (Lipinski definition) is 2. The van der Waals surface area contributed by atoms with Crippen LogP contribution in [-0.4, -0.2) is 36.5 Å². The number of hydrazine groups is 1. The summed E-state index contributed by atoms with van der Waals surface area (Å²) in [5.41, 5.74) is 5.90. The van der Waals surface area contributed by atoms with Gasteiger partial charge in [-0.05, 0) is 31.2 Å². The third-order valence-corrected chi connectivity index (χ3v) is 4.26. The van der Waals surface area contributed by atoms with E-state index < -0.39 is 29.9 Å². The molecule has 0 spiro atoms. The van der Waals surface area contributed by atoms with Gasteiger partial charge in [-0.3, -0.25) is 14.4 Å². The first-order chi connectivity index (χ1) is 10.5. The summed E-state index contributed by atoms with van der Waals surface area (Å²) in [5.74, 6) is -2.12. The predicted octanol–water partition coefficient (Wildman–Crippen LogP) is 0.347. The highest BCUT2D eigenvalue weighted by molar-refractivity contribution is 9.10. The van der Waals surface area contributed by atoms with E-state index in [1.165, 1.54) is 0 Å². The van der Waals surface area contributed by atoms with Crippen LogP contribution in [0.1, 0.15) is 6.92 Å². The Bertz CT molecular complexity index is 633. The van der Waals surface area contributed by atoms with Crippen LogP contribution in [-0.2, 0) is 19.1 Å². The van der Waals surface area contributed by atoms with Crippen LogP contribution in [0.2, 0.25) is 0 Å². The summed E-state index contributed by atoms with van der Waals surface area (Å²) in [6.45, 7) is 1.90. The standard InChI is InChI=1S/C14H14BrN3O4/c1-2-22-14(21)11-9-10(16-17-11)13(20)18(12(9)19)8-5-3-7(15)4-6-8/h3-6,9-11,16-17H,2H2,1H3. The van der Waals surface area contributed by atoms with Crippen LogP contribution in [0.3, 0.4) is 0 Å². The molecular formula is C14H14BrN3O4. The Morgan fingerprint density at radius 1 is 1.23 bits per heavy atom. The highest BCUT2D eigenvalue weighted by Gasteiger charge is 2.57. The van der Waals surface area contributed by atoms with Crippen LogP contribution < -0.4 is 15.8 Å². The average Bonchev–Trinajstić information content (AvgIpc) is 3.03. The summed E-state index contributed by atoms with van der Waals surface area (Å²) in [6.07, 6.45) is 0. The Balaban J connectivity index is 1.88.